The van der Waals surface area contributed by atoms with Crippen molar-refractivity contribution in [3.8, 4) is 0 Å². The van der Waals surface area contributed by atoms with Crippen LogP contribution in [0.3, 0.4) is 0 Å². The van der Waals surface area contributed by atoms with Crippen LogP contribution in [0, 0.1) is 11.8 Å². The molecule has 0 radical (unpaired) electrons. The fourth-order valence-corrected chi connectivity index (χ4v) is 3.29. The molecule has 1 rings (SSSR count). The molecule has 1 aliphatic rings. The van der Waals surface area contributed by atoms with Crippen LogP contribution in [0.15, 0.2) is 0 Å². The molecular weight excluding hydrogens is 244 g/mol. The maximum absolute atomic E-state index is 12.0. The molecule has 0 heterocycles. The highest BCUT2D eigenvalue weighted by atomic mass is 32.2. The first kappa shape index (κ1) is 15.8. The van der Waals surface area contributed by atoms with E-state index in [9.17, 15) is 4.79 Å². The Morgan fingerprint density at radius 1 is 1.39 bits per heavy atom. The first-order valence-corrected chi connectivity index (χ1v) is 8.50. The summed E-state index contributed by atoms with van der Waals surface area (Å²) >= 11 is 1.74. The Hall–Kier alpha value is -0.220. The Morgan fingerprint density at radius 3 is 2.67 bits per heavy atom. The number of hydrogen-bond donors (Lipinski definition) is 2. The predicted molar refractivity (Wildman–Crippen MR) is 79.7 cm³/mol. The minimum atomic E-state index is -0.341. The van der Waals surface area contributed by atoms with Gasteiger partial charge in [-0.25, -0.2) is 0 Å². The van der Waals surface area contributed by atoms with Crippen LogP contribution < -0.4 is 11.1 Å². The highest BCUT2D eigenvalue weighted by Crippen LogP contribution is 2.30. The normalized spacial score (nSPS) is 26.1. The molecule has 18 heavy (non-hydrogen) atoms. The minimum Gasteiger partial charge on any atom is -0.352 e. The molecule has 3 N–H and O–H groups in total. The maximum atomic E-state index is 12.0. The minimum absolute atomic E-state index is 0.0431. The third-order valence-corrected chi connectivity index (χ3v) is 4.62. The van der Waals surface area contributed by atoms with Gasteiger partial charge in [0.25, 0.3) is 0 Å². The topological polar surface area (TPSA) is 55.1 Å². The maximum Gasteiger partial charge on any atom is 0.237 e. The lowest BCUT2D eigenvalue weighted by Crippen LogP contribution is -2.50. The summed E-state index contributed by atoms with van der Waals surface area (Å²) in [6.07, 6.45) is 7.70. The van der Waals surface area contributed by atoms with Crippen LogP contribution in [-0.2, 0) is 4.79 Å². The van der Waals surface area contributed by atoms with Crippen LogP contribution in [0.25, 0.3) is 0 Å². The molecule has 3 atom stereocenters. The zero-order valence-corrected chi connectivity index (χ0v) is 12.8. The summed E-state index contributed by atoms with van der Waals surface area (Å²) in [6.45, 7) is 4.51. The molecule has 0 aromatic carbocycles. The van der Waals surface area contributed by atoms with Crippen molar-refractivity contribution in [2.45, 2.75) is 58.0 Å². The fourth-order valence-electron chi connectivity index (χ4n) is 2.80. The summed E-state index contributed by atoms with van der Waals surface area (Å²) < 4.78 is 0. The highest BCUT2D eigenvalue weighted by Gasteiger charge is 2.29. The van der Waals surface area contributed by atoms with Crippen molar-refractivity contribution in [1.82, 2.24) is 5.32 Å². The lowest BCUT2D eigenvalue weighted by atomic mass is 9.78. The van der Waals surface area contributed by atoms with Crippen LogP contribution in [0.1, 0.15) is 46.0 Å². The molecule has 1 saturated carbocycles. The molecule has 1 amide bonds. The molecule has 0 aliphatic heterocycles. The summed E-state index contributed by atoms with van der Waals surface area (Å²) in [4.78, 5) is 12.0. The van der Waals surface area contributed by atoms with Gasteiger partial charge in [-0.15, -0.1) is 0 Å². The van der Waals surface area contributed by atoms with Crippen molar-refractivity contribution in [1.29, 1.82) is 0 Å². The number of amides is 1. The van der Waals surface area contributed by atoms with Gasteiger partial charge in [-0.05, 0) is 43.1 Å². The third-order valence-electron chi connectivity index (χ3n) is 3.97. The second-order valence-electron chi connectivity index (χ2n) is 5.70. The Morgan fingerprint density at radius 2 is 2.06 bits per heavy atom. The number of nitrogens with one attached hydrogen (secondary N) is 1. The van der Waals surface area contributed by atoms with Crippen LogP contribution in [0.4, 0.5) is 0 Å². The number of carbonyl (C=O) groups is 1. The summed E-state index contributed by atoms with van der Waals surface area (Å²) in [5.74, 6) is 2.25. The smallest absolute Gasteiger partial charge is 0.237 e. The molecule has 1 fully saturated rings. The molecule has 0 bridgehead atoms. The fraction of sp³-hybridized carbons (Fsp3) is 0.929. The van der Waals surface area contributed by atoms with E-state index < -0.39 is 0 Å². The number of nitrogens with two attached hydrogens (primary N) is 1. The van der Waals surface area contributed by atoms with E-state index in [1.165, 1.54) is 19.3 Å². The lowest BCUT2D eigenvalue weighted by molar-refractivity contribution is -0.123. The van der Waals surface area contributed by atoms with Gasteiger partial charge in [-0.1, -0.05) is 26.7 Å². The van der Waals surface area contributed by atoms with Crippen LogP contribution in [-0.4, -0.2) is 30.0 Å². The molecule has 0 saturated heterocycles. The molecule has 4 heteroatoms. The summed E-state index contributed by atoms with van der Waals surface area (Å²) in [5, 5.41) is 3.19. The van der Waals surface area contributed by atoms with E-state index in [1.54, 1.807) is 11.8 Å². The van der Waals surface area contributed by atoms with Crippen molar-refractivity contribution < 1.29 is 4.79 Å². The molecule has 0 aromatic rings. The van der Waals surface area contributed by atoms with Crippen LogP contribution in [0.5, 0.6) is 0 Å². The second-order valence-corrected chi connectivity index (χ2v) is 6.68. The van der Waals surface area contributed by atoms with Gasteiger partial charge in [0, 0.05) is 6.04 Å². The van der Waals surface area contributed by atoms with Gasteiger partial charge in [0.1, 0.15) is 0 Å². The first-order valence-electron chi connectivity index (χ1n) is 7.11. The Labute approximate surface area is 116 Å². The molecule has 2 unspecified atom stereocenters. The predicted octanol–water partition coefficient (Wildman–Crippen LogP) is 2.40. The van der Waals surface area contributed by atoms with Crippen molar-refractivity contribution >= 4 is 17.7 Å². The van der Waals surface area contributed by atoms with E-state index in [0.717, 1.165) is 18.6 Å². The number of hydrogen-bond acceptors (Lipinski definition) is 3. The van der Waals surface area contributed by atoms with Gasteiger partial charge < -0.3 is 11.1 Å². The number of thioether (sulfide) groups is 1. The standard InChI is InChI=1S/C14H28N2OS/c1-10(2)11-6-4-5-7-13(11)16-14(17)12(15)8-9-18-3/h10-13H,4-9,15H2,1-3H3,(H,16,17)/t11?,12-,13?/m0/s1. The molecule has 106 valence electrons. The van der Waals surface area contributed by atoms with Gasteiger partial charge in [0.15, 0.2) is 0 Å². The van der Waals surface area contributed by atoms with Crippen molar-refractivity contribution in [3.63, 3.8) is 0 Å². The Bertz CT molecular complexity index is 258. The van der Waals surface area contributed by atoms with E-state index in [1.807, 2.05) is 6.26 Å². The molecular formula is C14H28N2OS. The molecule has 0 spiro atoms. The number of carbonyl (C=O) groups excluding carboxylic acids is 1. The van der Waals surface area contributed by atoms with Gasteiger partial charge in [-0.3, -0.25) is 4.79 Å². The average molecular weight is 272 g/mol. The van der Waals surface area contributed by atoms with E-state index in [0.29, 0.717) is 17.9 Å². The zero-order chi connectivity index (χ0) is 13.5. The molecule has 0 aromatic heterocycles. The number of rotatable bonds is 6. The Balaban J connectivity index is 2.45. The van der Waals surface area contributed by atoms with Gasteiger partial charge >= 0.3 is 0 Å². The van der Waals surface area contributed by atoms with Crippen LogP contribution >= 0.6 is 11.8 Å². The Kier molecular flexibility index (Phi) is 7.08. The van der Waals surface area contributed by atoms with E-state index in [4.69, 9.17) is 5.73 Å². The quantitative estimate of drug-likeness (QED) is 0.780. The monoisotopic (exact) mass is 272 g/mol. The van der Waals surface area contributed by atoms with E-state index in [2.05, 4.69) is 19.2 Å². The van der Waals surface area contributed by atoms with Gasteiger partial charge in [0.05, 0.1) is 6.04 Å². The first-order chi connectivity index (χ1) is 8.56. The van der Waals surface area contributed by atoms with Crippen molar-refractivity contribution in [2.75, 3.05) is 12.0 Å². The van der Waals surface area contributed by atoms with E-state index >= 15 is 0 Å². The van der Waals surface area contributed by atoms with Gasteiger partial charge in [-0.2, -0.15) is 11.8 Å². The SMILES string of the molecule is CSCC[C@H](N)C(=O)NC1CCCCC1C(C)C. The molecule has 1 aliphatic carbocycles. The second kappa shape index (κ2) is 8.05. The summed E-state index contributed by atoms with van der Waals surface area (Å²) in [5.41, 5.74) is 5.92. The van der Waals surface area contributed by atoms with E-state index in [-0.39, 0.29) is 11.9 Å². The largest absolute Gasteiger partial charge is 0.352 e. The highest BCUT2D eigenvalue weighted by molar-refractivity contribution is 7.98. The van der Waals surface area contributed by atoms with Crippen molar-refractivity contribution in [2.24, 2.45) is 17.6 Å². The summed E-state index contributed by atoms with van der Waals surface area (Å²) in [7, 11) is 0. The molecule has 3 nitrogen and oxygen atoms in total. The van der Waals surface area contributed by atoms with Gasteiger partial charge in [0.2, 0.25) is 5.91 Å². The van der Waals surface area contributed by atoms with Crippen molar-refractivity contribution in [3.05, 3.63) is 0 Å². The van der Waals surface area contributed by atoms with Crippen LogP contribution in [0.2, 0.25) is 0 Å². The average Bonchev–Trinajstić information content (AvgIpc) is 2.36. The lowest BCUT2D eigenvalue weighted by Gasteiger charge is -2.35. The summed E-state index contributed by atoms with van der Waals surface area (Å²) in [6, 6.07) is -0.00114. The third kappa shape index (κ3) is 4.81. The zero-order valence-electron chi connectivity index (χ0n) is 11.9.